The van der Waals surface area contributed by atoms with E-state index in [0.717, 1.165) is 37.8 Å². The smallest absolute Gasteiger partial charge is 0.331 e. The summed E-state index contributed by atoms with van der Waals surface area (Å²) in [5.74, 6) is -0.515. The van der Waals surface area contributed by atoms with Gasteiger partial charge in [-0.1, -0.05) is 13.8 Å². The van der Waals surface area contributed by atoms with Gasteiger partial charge in [0.25, 0.3) is 0 Å². The van der Waals surface area contributed by atoms with Crippen LogP contribution in [0.4, 0.5) is 10.1 Å². The first-order chi connectivity index (χ1) is 9.87. The number of hydrogen-bond donors (Lipinski definition) is 1. The molecule has 0 radical (unpaired) electrons. The summed E-state index contributed by atoms with van der Waals surface area (Å²) >= 11 is 0. The molecule has 3 nitrogen and oxygen atoms in total. The first kappa shape index (κ1) is 15.8. The van der Waals surface area contributed by atoms with E-state index >= 15 is 0 Å². The molecule has 0 saturated heterocycles. The molecule has 1 atom stereocenters. The lowest BCUT2D eigenvalue weighted by atomic mass is 9.83. The van der Waals surface area contributed by atoms with Crippen LogP contribution in [0, 0.1) is 11.2 Å². The maximum Gasteiger partial charge on any atom is 0.331 e. The van der Waals surface area contributed by atoms with Crippen molar-refractivity contribution in [1.82, 2.24) is 0 Å². The van der Waals surface area contributed by atoms with Crippen LogP contribution in [0.25, 0.3) is 0 Å². The van der Waals surface area contributed by atoms with Crippen molar-refractivity contribution >= 4 is 11.7 Å². The SMILES string of the molecule is COC(=O)C1(Nc2ccc(F)cc2)CCCC(C)(C)CC1. The second-order valence-electron chi connectivity index (χ2n) is 6.72. The number of carbonyl (C=O) groups is 1. The molecule has 1 aliphatic carbocycles. The van der Waals surface area contributed by atoms with Gasteiger partial charge in [-0.05, 0) is 61.8 Å². The number of carbonyl (C=O) groups excluding carboxylic acids is 1. The third-order valence-corrected chi connectivity index (χ3v) is 4.49. The van der Waals surface area contributed by atoms with E-state index in [1.807, 2.05) is 0 Å². The molecule has 116 valence electrons. The van der Waals surface area contributed by atoms with Crippen LogP contribution in [0.3, 0.4) is 0 Å². The Morgan fingerprint density at radius 2 is 1.81 bits per heavy atom. The van der Waals surface area contributed by atoms with Gasteiger partial charge in [0.15, 0.2) is 0 Å². The van der Waals surface area contributed by atoms with E-state index < -0.39 is 5.54 Å². The average molecular weight is 293 g/mol. The van der Waals surface area contributed by atoms with Crippen LogP contribution in [0.1, 0.15) is 46.0 Å². The Balaban J connectivity index is 2.25. The van der Waals surface area contributed by atoms with Crippen LogP contribution in [0.15, 0.2) is 24.3 Å². The van der Waals surface area contributed by atoms with E-state index in [4.69, 9.17) is 4.74 Å². The van der Waals surface area contributed by atoms with Crippen LogP contribution in [0.5, 0.6) is 0 Å². The van der Waals surface area contributed by atoms with Crippen LogP contribution < -0.4 is 5.32 Å². The van der Waals surface area contributed by atoms with Gasteiger partial charge in [0.1, 0.15) is 11.4 Å². The molecule has 1 N–H and O–H groups in total. The largest absolute Gasteiger partial charge is 0.467 e. The van der Waals surface area contributed by atoms with Crippen LogP contribution in [0.2, 0.25) is 0 Å². The molecule has 1 fully saturated rings. The minimum Gasteiger partial charge on any atom is -0.467 e. The quantitative estimate of drug-likeness (QED) is 0.672. The van der Waals surface area contributed by atoms with Gasteiger partial charge in [-0.3, -0.25) is 0 Å². The second kappa shape index (κ2) is 6.04. The molecule has 1 saturated carbocycles. The van der Waals surface area contributed by atoms with Gasteiger partial charge in [-0.15, -0.1) is 0 Å². The maximum absolute atomic E-state index is 13.0. The highest BCUT2D eigenvalue weighted by Crippen LogP contribution is 2.40. The summed E-state index contributed by atoms with van der Waals surface area (Å²) in [6.45, 7) is 4.47. The monoisotopic (exact) mass is 293 g/mol. The van der Waals surface area contributed by atoms with E-state index in [1.165, 1.54) is 19.2 Å². The number of methoxy groups -OCH3 is 1. The van der Waals surface area contributed by atoms with Gasteiger partial charge in [0.05, 0.1) is 7.11 Å². The van der Waals surface area contributed by atoms with Crippen LogP contribution in [-0.2, 0) is 9.53 Å². The molecule has 0 bridgehead atoms. The van der Waals surface area contributed by atoms with Gasteiger partial charge in [0, 0.05) is 5.69 Å². The molecular formula is C17H24FNO2. The second-order valence-corrected chi connectivity index (χ2v) is 6.72. The summed E-state index contributed by atoms with van der Waals surface area (Å²) in [7, 11) is 1.42. The molecule has 1 aliphatic rings. The summed E-state index contributed by atoms with van der Waals surface area (Å²) in [5.41, 5.74) is 0.280. The van der Waals surface area contributed by atoms with Crippen molar-refractivity contribution in [2.45, 2.75) is 51.5 Å². The van der Waals surface area contributed by atoms with Crippen LogP contribution in [-0.4, -0.2) is 18.6 Å². The molecule has 1 unspecified atom stereocenters. The Morgan fingerprint density at radius 3 is 2.43 bits per heavy atom. The fourth-order valence-electron chi connectivity index (χ4n) is 3.06. The summed E-state index contributed by atoms with van der Waals surface area (Å²) in [6.07, 6.45) is 4.48. The number of rotatable bonds is 3. The number of nitrogens with one attached hydrogen (secondary N) is 1. The maximum atomic E-state index is 13.0. The van der Waals surface area contributed by atoms with Gasteiger partial charge < -0.3 is 10.1 Å². The lowest BCUT2D eigenvalue weighted by molar-refractivity contribution is -0.146. The fourth-order valence-corrected chi connectivity index (χ4v) is 3.06. The van der Waals surface area contributed by atoms with E-state index in [9.17, 15) is 9.18 Å². The zero-order valence-corrected chi connectivity index (χ0v) is 13.0. The van der Waals surface area contributed by atoms with Gasteiger partial charge in [-0.2, -0.15) is 0 Å². The minimum absolute atomic E-state index is 0.232. The number of anilines is 1. The first-order valence-corrected chi connectivity index (χ1v) is 7.49. The molecule has 0 amide bonds. The van der Waals surface area contributed by atoms with E-state index in [2.05, 4.69) is 19.2 Å². The van der Waals surface area contributed by atoms with E-state index in [1.54, 1.807) is 12.1 Å². The van der Waals surface area contributed by atoms with Crippen LogP contribution >= 0.6 is 0 Å². The number of ether oxygens (including phenoxy) is 1. The molecule has 0 spiro atoms. The number of hydrogen-bond acceptors (Lipinski definition) is 3. The zero-order valence-electron chi connectivity index (χ0n) is 13.0. The Bertz CT molecular complexity index is 498. The molecular weight excluding hydrogens is 269 g/mol. The highest BCUT2D eigenvalue weighted by molar-refractivity contribution is 5.84. The molecule has 4 heteroatoms. The normalized spacial score (nSPS) is 25.0. The van der Waals surface area contributed by atoms with E-state index in [-0.39, 0.29) is 17.2 Å². The minimum atomic E-state index is -0.708. The third-order valence-electron chi connectivity index (χ3n) is 4.49. The van der Waals surface area contributed by atoms with Crippen molar-refractivity contribution in [1.29, 1.82) is 0 Å². The number of benzene rings is 1. The van der Waals surface area contributed by atoms with Crippen molar-refractivity contribution in [3.63, 3.8) is 0 Å². The van der Waals surface area contributed by atoms with Crippen molar-refractivity contribution in [2.75, 3.05) is 12.4 Å². The molecule has 2 rings (SSSR count). The summed E-state index contributed by atoms with van der Waals surface area (Å²) < 4.78 is 18.1. The van der Waals surface area contributed by atoms with Gasteiger partial charge >= 0.3 is 5.97 Å². The summed E-state index contributed by atoms with van der Waals surface area (Å²) in [4.78, 5) is 12.4. The molecule has 0 heterocycles. The Labute approximate surface area is 125 Å². The Hall–Kier alpha value is -1.58. The highest BCUT2D eigenvalue weighted by Gasteiger charge is 2.42. The van der Waals surface area contributed by atoms with Crippen molar-refractivity contribution < 1.29 is 13.9 Å². The molecule has 21 heavy (non-hydrogen) atoms. The van der Waals surface area contributed by atoms with Crippen molar-refractivity contribution in [3.05, 3.63) is 30.1 Å². The molecule has 0 aliphatic heterocycles. The average Bonchev–Trinajstić information content (AvgIpc) is 2.60. The Morgan fingerprint density at radius 1 is 1.14 bits per heavy atom. The van der Waals surface area contributed by atoms with Crippen molar-refractivity contribution in [3.8, 4) is 0 Å². The molecule has 1 aromatic carbocycles. The summed E-state index contributed by atoms with van der Waals surface area (Å²) in [6, 6.07) is 6.12. The lowest BCUT2D eigenvalue weighted by Crippen LogP contribution is -2.47. The lowest BCUT2D eigenvalue weighted by Gasteiger charge is -2.32. The van der Waals surface area contributed by atoms with Gasteiger partial charge in [-0.25, -0.2) is 9.18 Å². The third kappa shape index (κ3) is 3.74. The van der Waals surface area contributed by atoms with Gasteiger partial charge in [0.2, 0.25) is 0 Å². The fraction of sp³-hybridized carbons (Fsp3) is 0.588. The summed E-state index contributed by atoms with van der Waals surface area (Å²) in [5, 5.41) is 3.31. The number of esters is 1. The van der Waals surface area contributed by atoms with Crippen molar-refractivity contribution in [2.24, 2.45) is 5.41 Å². The predicted molar refractivity (Wildman–Crippen MR) is 81.6 cm³/mol. The first-order valence-electron chi connectivity index (χ1n) is 7.49. The standard InChI is InChI=1S/C17H24FNO2/c1-16(2)9-4-10-17(12-11-16,15(20)21-3)19-14-7-5-13(18)6-8-14/h5-8,19H,4,9-12H2,1-3H3. The zero-order chi connectivity index (χ0) is 15.5. The highest BCUT2D eigenvalue weighted by atomic mass is 19.1. The molecule has 1 aromatic rings. The molecule has 0 aromatic heterocycles. The Kier molecular flexibility index (Phi) is 4.55. The number of halogens is 1. The van der Waals surface area contributed by atoms with E-state index in [0.29, 0.717) is 0 Å². The predicted octanol–water partition coefficient (Wildman–Crippen LogP) is 4.14. The topological polar surface area (TPSA) is 38.3 Å².